The Labute approximate surface area is 101 Å². The summed E-state index contributed by atoms with van der Waals surface area (Å²) in [7, 11) is 0. The zero-order valence-electron chi connectivity index (χ0n) is 9.70. The highest BCUT2D eigenvalue weighted by molar-refractivity contribution is 6.29. The molecule has 5 heteroatoms. The van der Waals surface area contributed by atoms with Gasteiger partial charge in [0.2, 0.25) is 0 Å². The van der Waals surface area contributed by atoms with Gasteiger partial charge in [-0.05, 0) is 19.9 Å². The molecule has 1 fully saturated rings. The normalized spacial score (nSPS) is 22.3. The van der Waals surface area contributed by atoms with E-state index in [0.29, 0.717) is 11.2 Å². The fraction of sp³-hybridized carbons (Fsp3) is 0.636. The number of nitrogens with zero attached hydrogens (tertiary/aromatic N) is 3. The smallest absolute Gasteiger partial charge is 0.144 e. The molecule has 1 aliphatic rings. The Morgan fingerprint density at radius 3 is 3.06 bits per heavy atom. The second-order valence-corrected chi connectivity index (χ2v) is 4.66. The quantitative estimate of drug-likeness (QED) is 0.790. The third kappa shape index (κ3) is 2.90. The molecule has 1 aromatic heterocycles. The summed E-state index contributed by atoms with van der Waals surface area (Å²) in [4.78, 5) is 11.0. The lowest BCUT2D eigenvalue weighted by molar-refractivity contribution is 0.161. The third-order valence-electron chi connectivity index (χ3n) is 2.85. The number of hydrogen-bond acceptors (Lipinski definition) is 4. The third-order valence-corrected chi connectivity index (χ3v) is 3.05. The van der Waals surface area contributed by atoms with E-state index in [-0.39, 0.29) is 0 Å². The standard InChI is InChI=1S/C11H17ClN4/c1-8-5-10(12)15-11(14-8)7-16-4-3-13-6-9(16)2/h5,9,13H,3-4,6-7H2,1-2H3/t9-/m0/s1. The summed E-state index contributed by atoms with van der Waals surface area (Å²) < 4.78 is 0. The van der Waals surface area contributed by atoms with E-state index in [4.69, 9.17) is 11.6 Å². The molecule has 1 aliphatic heterocycles. The molecule has 0 aliphatic carbocycles. The molecule has 0 bridgehead atoms. The van der Waals surface area contributed by atoms with Crippen molar-refractivity contribution < 1.29 is 0 Å². The highest BCUT2D eigenvalue weighted by Gasteiger charge is 2.18. The van der Waals surface area contributed by atoms with Crippen LogP contribution in [0.5, 0.6) is 0 Å². The topological polar surface area (TPSA) is 41.1 Å². The predicted octanol–water partition coefficient (Wildman–Crippen LogP) is 1.23. The lowest BCUT2D eigenvalue weighted by atomic mass is 10.2. The highest BCUT2D eigenvalue weighted by Crippen LogP contribution is 2.10. The molecule has 0 unspecified atom stereocenters. The number of hydrogen-bond donors (Lipinski definition) is 1. The van der Waals surface area contributed by atoms with Gasteiger partial charge in [0, 0.05) is 31.4 Å². The van der Waals surface area contributed by atoms with Crippen LogP contribution in [0.1, 0.15) is 18.4 Å². The molecule has 1 saturated heterocycles. The molecule has 2 rings (SSSR count). The van der Waals surface area contributed by atoms with Crippen molar-refractivity contribution in [3.63, 3.8) is 0 Å². The Morgan fingerprint density at radius 1 is 1.56 bits per heavy atom. The van der Waals surface area contributed by atoms with E-state index in [1.165, 1.54) is 0 Å². The Hall–Kier alpha value is -0.710. The van der Waals surface area contributed by atoms with Crippen LogP contribution in [-0.4, -0.2) is 40.5 Å². The van der Waals surface area contributed by atoms with Crippen LogP contribution in [0.2, 0.25) is 5.15 Å². The fourth-order valence-corrected chi connectivity index (χ4v) is 2.21. The summed E-state index contributed by atoms with van der Waals surface area (Å²) in [6, 6.07) is 2.31. The molecule has 0 saturated carbocycles. The van der Waals surface area contributed by atoms with Crippen LogP contribution >= 0.6 is 11.6 Å². The van der Waals surface area contributed by atoms with E-state index in [9.17, 15) is 0 Å². The second kappa shape index (κ2) is 5.08. The van der Waals surface area contributed by atoms with Crippen LogP contribution in [-0.2, 0) is 6.54 Å². The molecular weight excluding hydrogens is 224 g/mol. The number of rotatable bonds is 2. The maximum atomic E-state index is 5.92. The van der Waals surface area contributed by atoms with Gasteiger partial charge in [-0.15, -0.1) is 0 Å². The Bertz CT molecular complexity index is 349. The van der Waals surface area contributed by atoms with Crippen LogP contribution < -0.4 is 5.32 Å². The van der Waals surface area contributed by atoms with Gasteiger partial charge in [0.05, 0.1) is 6.54 Å². The first-order valence-electron chi connectivity index (χ1n) is 5.60. The second-order valence-electron chi connectivity index (χ2n) is 4.27. The number of piperazine rings is 1. The zero-order valence-corrected chi connectivity index (χ0v) is 10.5. The largest absolute Gasteiger partial charge is 0.314 e. The molecule has 2 heterocycles. The lowest BCUT2D eigenvalue weighted by Crippen LogP contribution is -2.49. The lowest BCUT2D eigenvalue weighted by Gasteiger charge is -2.33. The minimum Gasteiger partial charge on any atom is -0.314 e. The number of aromatic nitrogens is 2. The molecule has 1 N–H and O–H groups in total. The van der Waals surface area contributed by atoms with Crippen LogP contribution in [0.3, 0.4) is 0 Å². The van der Waals surface area contributed by atoms with Crippen LogP contribution in [0.15, 0.2) is 6.07 Å². The SMILES string of the molecule is Cc1cc(Cl)nc(CN2CCNC[C@@H]2C)n1. The summed E-state index contributed by atoms with van der Waals surface area (Å²) in [5.41, 5.74) is 0.929. The minimum absolute atomic E-state index is 0.525. The number of aryl methyl sites for hydroxylation is 1. The average molecular weight is 241 g/mol. The van der Waals surface area contributed by atoms with Gasteiger partial charge >= 0.3 is 0 Å². The predicted molar refractivity (Wildman–Crippen MR) is 64.5 cm³/mol. The molecule has 4 nitrogen and oxygen atoms in total. The van der Waals surface area contributed by atoms with Crippen molar-refractivity contribution in [2.45, 2.75) is 26.4 Å². The van der Waals surface area contributed by atoms with Crippen molar-refractivity contribution in [2.75, 3.05) is 19.6 Å². The van der Waals surface area contributed by atoms with Crippen LogP contribution in [0.25, 0.3) is 0 Å². The molecule has 0 spiro atoms. The molecule has 16 heavy (non-hydrogen) atoms. The van der Waals surface area contributed by atoms with Gasteiger partial charge in [0.25, 0.3) is 0 Å². The van der Waals surface area contributed by atoms with Gasteiger partial charge in [-0.3, -0.25) is 4.90 Å². The average Bonchev–Trinajstić information content (AvgIpc) is 2.20. The van der Waals surface area contributed by atoms with E-state index in [1.807, 2.05) is 6.92 Å². The molecular formula is C11H17ClN4. The van der Waals surface area contributed by atoms with Gasteiger partial charge < -0.3 is 5.32 Å². The first-order valence-corrected chi connectivity index (χ1v) is 5.98. The maximum absolute atomic E-state index is 5.92. The minimum atomic E-state index is 0.525. The monoisotopic (exact) mass is 240 g/mol. The first-order chi connectivity index (χ1) is 7.65. The van der Waals surface area contributed by atoms with E-state index < -0.39 is 0 Å². The highest BCUT2D eigenvalue weighted by atomic mass is 35.5. The summed E-state index contributed by atoms with van der Waals surface area (Å²) in [6.45, 7) is 8.03. The molecule has 1 atom stereocenters. The van der Waals surface area contributed by atoms with Crippen molar-refractivity contribution in [3.8, 4) is 0 Å². The summed E-state index contributed by atoms with van der Waals surface area (Å²) in [5.74, 6) is 0.818. The molecule has 1 aromatic rings. The van der Waals surface area contributed by atoms with Crippen molar-refractivity contribution in [1.29, 1.82) is 0 Å². The van der Waals surface area contributed by atoms with Gasteiger partial charge in [0.1, 0.15) is 11.0 Å². The number of nitrogens with one attached hydrogen (secondary N) is 1. The molecule has 88 valence electrons. The van der Waals surface area contributed by atoms with E-state index in [1.54, 1.807) is 6.07 Å². The van der Waals surface area contributed by atoms with Crippen molar-refractivity contribution in [2.24, 2.45) is 0 Å². The number of halogens is 1. The fourth-order valence-electron chi connectivity index (χ4n) is 1.96. The molecule has 0 radical (unpaired) electrons. The van der Waals surface area contributed by atoms with Gasteiger partial charge in [-0.1, -0.05) is 11.6 Å². The van der Waals surface area contributed by atoms with Crippen molar-refractivity contribution >= 4 is 11.6 Å². The Morgan fingerprint density at radius 2 is 2.38 bits per heavy atom. The summed E-state index contributed by atoms with van der Waals surface area (Å²) in [6.07, 6.45) is 0. The van der Waals surface area contributed by atoms with Gasteiger partial charge in [-0.2, -0.15) is 0 Å². The van der Waals surface area contributed by atoms with E-state index >= 15 is 0 Å². The summed E-state index contributed by atoms with van der Waals surface area (Å²) in [5, 5.41) is 3.90. The summed E-state index contributed by atoms with van der Waals surface area (Å²) >= 11 is 5.92. The van der Waals surface area contributed by atoms with Gasteiger partial charge in [-0.25, -0.2) is 9.97 Å². The first kappa shape index (κ1) is 11.8. The van der Waals surface area contributed by atoms with E-state index in [0.717, 1.165) is 37.7 Å². The molecule has 0 amide bonds. The Balaban J connectivity index is 2.07. The van der Waals surface area contributed by atoms with Crippen LogP contribution in [0.4, 0.5) is 0 Å². The zero-order chi connectivity index (χ0) is 11.5. The van der Waals surface area contributed by atoms with Crippen molar-refractivity contribution in [1.82, 2.24) is 20.2 Å². The van der Waals surface area contributed by atoms with Gasteiger partial charge in [0.15, 0.2) is 0 Å². The Kier molecular flexibility index (Phi) is 3.74. The molecule has 0 aromatic carbocycles. The maximum Gasteiger partial charge on any atom is 0.144 e. The van der Waals surface area contributed by atoms with E-state index in [2.05, 4.69) is 27.1 Å². The van der Waals surface area contributed by atoms with Crippen LogP contribution in [0, 0.1) is 6.92 Å². The van der Waals surface area contributed by atoms with Crippen molar-refractivity contribution in [3.05, 3.63) is 22.7 Å².